The number of amides is 1. The van der Waals surface area contributed by atoms with E-state index in [-0.39, 0.29) is 23.5 Å². The predicted octanol–water partition coefficient (Wildman–Crippen LogP) is 2.78. The summed E-state index contributed by atoms with van der Waals surface area (Å²) in [5.41, 5.74) is 0.581. The van der Waals surface area contributed by atoms with Gasteiger partial charge >= 0.3 is 0 Å². The van der Waals surface area contributed by atoms with E-state index < -0.39 is 21.9 Å². The number of benzene rings is 1. The Hall–Kier alpha value is -1.43. The quantitative estimate of drug-likeness (QED) is 0.798. The summed E-state index contributed by atoms with van der Waals surface area (Å²) in [6.07, 6.45) is 1.86. The maximum Gasteiger partial charge on any atom is 0.235 e. The molecule has 0 heterocycles. The highest BCUT2D eigenvalue weighted by molar-refractivity contribution is 7.85. The Kier molecular flexibility index (Phi) is 7.51. The van der Waals surface area contributed by atoms with Crippen LogP contribution in [0.4, 0.5) is 4.39 Å². The largest absolute Gasteiger partial charge is 0.494 e. The Morgan fingerprint density at radius 2 is 2.09 bits per heavy atom. The molecule has 3 unspecified atom stereocenters. The third kappa shape index (κ3) is 5.40. The summed E-state index contributed by atoms with van der Waals surface area (Å²) in [4.78, 5) is 12.0. The molecule has 1 aromatic rings. The van der Waals surface area contributed by atoms with E-state index in [0.717, 1.165) is 12.8 Å². The SMILES string of the molecule is CCCC(C)NC(=O)C(C)S(=O)Cc1ccc(OC)c(F)c1. The molecule has 0 aliphatic rings. The van der Waals surface area contributed by atoms with Crippen LogP contribution in [0, 0.1) is 5.82 Å². The normalized spacial score (nSPS) is 15.0. The van der Waals surface area contributed by atoms with Crippen LogP contribution >= 0.6 is 0 Å². The molecule has 0 saturated heterocycles. The topological polar surface area (TPSA) is 55.4 Å². The van der Waals surface area contributed by atoms with E-state index in [0.29, 0.717) is 5.56 Å². The summed E-state index contributed by atoms with van der Waals surface area (Å²) in [5, 5.41) is 2.22. The first-order chi connectivity index (χ1) is 10.4. The molecule has 1 rings (SSSR count). The molecule has 22 heavy (non-hydrogen) atoms. The molecule has 6 heteroatoms. The van der Waals surface area contributed by atoms with Crippen LogP contribution < -0.4 is 10.1 Å². The number of carbonyl (C=O) groups excluding carboxylic acids is 1. The van der Waals surface area contributed by atoms with Gasteiger partial charge in [-0.2, -0.15) is 0 Å². The summed E-state index contributed by atoms with van der Waals surface area (Å²) >= 11 is 0. The molecule has 4 nitrogen and oxygen atoms in total. The highest BCUT2D eigenvalue weighted by atomic mass is 32.2. The minimum atomic E-state index is -1.40. The van der Waals surface area contributed by atoms with E-state index >= 15 is 0 Å². The van der Waals surface area contributed by atoms with Crippen LogP contribution in [0.1, 0.15) is 39.2 Å². The lowest BCUT2D eigenvalue weighted by molar-refractivity contribution is -0.121. The second-order valence-corrected chi connectivity index (χ2v) is 7.09. The van der Waals surface area contributed by atoms with Crippen LogP contribution in [-0.4, -0.2) is 28.5 Å². The smallest absolute Gasteiger partial charge is 0.235 e. The summed E-state index contributed by atoms with van der Waals surface area (Å²) in [5.74, 6) is -0.440. The van der Waals surface area contributed by atoms with Crippen molar-refractivity contribution >= 4 is 16.7 Å². The highest BCUT2D eigenvalue weighted by Gasteiger charge is 2.21. The molecular formula is C16H24FNO3S. The fourth-order valence-electron chi connectivity index (χ4n) is 2.07. The minimum absolute atomic E-state index is 0.0652. The number of hydrogen-bond acceptors (Lipinski definition) is 3. The van der Waals surface area contributed by atoms with E-state index in [4.69, 9.17) is 4.74 Å². The molecule has 124 valence electrons. The highest BCUT2D eigenvalue weighted by Crippen LogP contribution is 2.19. The lowest BCUT2D eigenvalue weighted by atomic mass is 10.2. The predicted molar refractivity (Wildman–Crippen MR) is 86.8 cm³/mol. The van der Waals surface area contributed by atoms with E-state index in [1.54, 1.807) is 13.0 Å². The van der Waals surface area contributed by atoms with Crippen LogP contribution in [0.15, 0.2) is 18.2 Å². The van der Waals surface area contributed by atoms with Gasteiger partial charge in [-0.1, -0.05) is 19.4 Å². The lowest BCUT2D eigenvalue weighted by Gasteiger charge is -2.17. The molecule has 0 saturated carbocycles. The number of methoxy groups -OCH3 is 1. The van der Waals surface area contributed by atoms with Crippen molar-refractivity contribution < 1.29 is 18.1 Å². The van der Waals surface area contributed by atoms with Crippen LogP contribution in [0.2, 0.25) is 0 Å². The molecule has 1 aromatic carbocycles. The van der Waals surface area contributed by atoms with Crippen molar-refractivity contribution in [3.63, 3.8) is 0 Å². The Bertz CT molecular complexity index is 536. The molecule has 1 N–H and O–H groups in total. The van der Waals surface area contributed by atoms with E-state index in [2.05, 4.69) is 5.32 Å². The van der Waals surface area contributed by atoms with Crippen molar-refractivity contribution in [3.8, 4) is 5.75 Å². The molecule has 0 bridgehead atoms. The second-order valence-electron chi connectivity index (χ2n) is 5.33. The fraction of sp³-hybridized carbons (Fsp3) is 0.562. The third-order valence-electron chi connectivity index (χ3n) is 3.40. The van der Waals surface area contributed by atoms with E-state index in [1.165, 1.54) is 19.2 Å². The first-order valence-electron chi connectivity index (χ1n) is 7.39. The van der Waals surface area contributed by atoms with Crippen LogP contribution in [0.25, 0.3) is 0 Å². The molecule has 1 amide bonds. The zero-order valence-electron chi connectivity index (χ0n) is 13.5. The molecule has 0 spiro atoms. The van der Waals surface area contributed by atoms with E-state index in [1.807, 2.05) is 13.8 Å². The van der Waals surface area contributed by atoms with Crippen LogP contribution in [0.5, 0.6) is 5.75 Å². The first kappa shape index (κ1) is 18.6. The molecule has 0 aliphatic carbocycles. The number of rotatable bonds is 8. The lowest BCUT2D eigenvalue weighted by Crippen LogP contribution is -2.40. The Balaban J connectivity index is 2.64. The van der Waals surface area contributed by atoms with Crippen LogP contribution in [0.3, 0.4) is 0 Å². The maximum absolute atomic E-state index is 13.6. The van der Waals surface area contributed by atoms with Gasteiger partial charge in [0.05, 0.1) is 7.11 Å². The van der Waals surface area contributed by atoms with Gasteiger partial charge in [-0.3, -0.25) is 9.00 Å². The molecule has 3 atom stereocenters. The Labute approximate surface area is 133 Å². The second kappa shape index (κ2) is 8.88. The molecule has 0 aliphatic heterocycles. The van der Waals surface area contributed by atoms with Gasteiger partial charge in [0.25, 0.3) is 0 Å². The zero-order chi connectivity index (χ0) is 16.7. The monoisotopic (exact) mass is 329 g/mol. The van der Waals surface area contributed by atoms with Gasteiger partial charge in [-0.25, -0.2) is 4.39 Å². The summed E-state index contributed by atoms with van der Waals surface area (Å²) in [7, 11) is -0.0135. The molecule has 0 fully saturated rings. The number of hydrogen-bond donors (Lipinski definition) is 1. The van der Waals surface area contributed by atoms with Gasteiger partial charge < -0.3 is 10.1 Å². The fourth-order valence-corrected chi connectivity index (χ4v) is 3.14. The van der Waals surface area contributed by atoms with Crippen molar-refractivity contribution in [3.05, 3.63) is 29.6 Å². The maximum atomic E-state index is 13.6. The number of nitrogens with one attached hydrogen (secondary N) is 1. The van der Waals surface area contributed by atoms with E-state index in [9.17, 15) is 13.4 Å². The number of ether oxygens (including phenoxy) is 1. The van der Waals surface area contributed by atoms with Crippen LogP contribution in [-0.2, 0) is 21.3 Å². The minimum Gasteiger partial charge on any atom is -0.494 e. The summed E-state index contributed by atoms with van der Waals surface area (Å²) in [6.45, 7) is 5.60. The van der Waals surface area contributed by atoms with Gasteiger partial charge in [-0.05, 0) is 38.0 Å². The summed E-state index contributed by atoms with van der Waals surface area (Å²) in [6, 6.07) is 4.51. The summed E-state index contributed by atoms with van der Waals surface area (Å²) < 4.78 is 30.7. The van der Waals surface area contributed by atoms with Gasteiger partial charge in [0.15, 0.2) is 11.6 Å². The Morgan fingerprint density at radius 1 is 1.41 bits per heavy atom. The Morgan fingerprint density at radius 3 is 2.64 bits per heavy atom. The standard InChI is InChI=1S/C16H24FNO3S/c1-5-6-11(2)18-16(19)12(3)22(20)10-13-7-8-15(21-4)14(17)9-13/h7-9,11-12H,5-6,10H2,1-4H3,(H,18,19). The molecule has 0 radical (unpaired) electrons. The van der Waals surface area contributed by atoms with Gasteiger partial charge in [0.2, 0.25) is 5.91 Å². The van der Waals surface area contributed by atoms with Gasteiger partial charge in [0.1, 0.15) is 5.25 Å². The van der Waals surface area contributed by atoms with Crippen molar-refractivity contribution in [2.45, 2.75) is 50.7 Å². The number of carbonyl (C=O) groups is 1. The average Bonchev–Trinajstić information content (AvgIpc) is 2.46. The van der Waals surface area contributed by atoms with Crippen molar-refractivity contribution in [2.24, 2.45) is 0 Å². The molecule has 0 aromatic heterocycles. The first-order valence-corrected chi connectivity index (χ1v) is 8.77. The molecular weight excluding hydrogens is 305 g/mol. The van der Waals surface area contributed by atoms with Gasteiger partial charge in [0, 0.05) is 22.6 Å². The van der Waals surface area contributed by atoms with Crippen molar-refractivity contribution in [1.29, 1.82) is 0 Å². The number of halogens is 1. The van der Waals surface area contributed by atoms with Crippen molar-refractivity contribution in [2.75, 3.05) is 7.11 Å². The van der Waals surface area contributed by atoms with Crippen molar-refractivity contribution in [1.82, 2.24) is 5.32 Å². The van der Waals surface area contributed by atoms with Gasteiger partial charge in [-0.15, -0.1) is 0 Å². The zero-order valence-corrected chi connectivity index (χ0v) is 14.3. The average molecular weight is 329 g/mol. The third-order valence-corrected chi connectivity index (χ3v) is 5.02.